The first-order chi connectivity index (χ1) is 9.31. The number of benzene rings is 2. The van der Waals surface area contributed by atoms with E-state index in [9.17, 15) is 0 Å². The monoisotopic (exact) mass is 317 g/mol. The third kappa shape index (κ3) is 2.28. The van der Waals surface area contributed by atoms with Crippen LogP contribution >= 0.6 is 15.9 Å². The highest BCUT2D eigenvalue weighted by Crippen LogP contribution is 2.35. The molecule has 3 rings (SSSR count). The van der Waals surface area contributed by atoms with Crippen LogP contribution in [-0.2, 0) is 6.42 Å². The normalized spacial score (nSPS) is 11.5. The summed E-state index contributed by atoms with van der Waals surface area (Å²) in [4.78, 5) is 0. The SMILES string of the molecule is CCNCCc1coc2c(Br)c3ccccc3cc12. The Hall–Kier alpha value is -1.32. The van der Waals surface area contributed by atoms with Crippen molar-refractivity contribution in [3.63, 3.8) is 0 Å². The van der Waals surface area contributed by atoms with E-state index in [0.717, 1.165) is 29.6 Å². The standard InChI is InChI=1S/C16H16BrNO/c1-2-18-8-7-12-10-19-16-14(12)9-11-5-3-4-6-13(11)15(16)17/h3-6,9-10,18H,2,7-8H2,1H3. The summed E-state index contributed by atoms with van der Waals surface area (Å²) in [5, 5.41) is 7.00. The Kier molecular flexibility index (Phi) is 3.58. The molecular formula is C16H16BrNO. The van der Waals surface area contributed by atoms with Crippen molar-refractivity contribution in [1.29, 1.82) is 0 Å². The molecule has 2 aromatic carbocycles. The van der Waals surface area contributed by atoms with Gasteiger partial charge in [-0.15, -0.1) is 0 Å². The van der Waals surface area contributed by atoms with Crippen molar-refractivity contribution in [2.45, 2.75) is 13.3 Å². The summed E-state index contributed by atoms with van der Waals surface area (Å²) < 4.78 is 6.80. The Morgan fingerprint density at radius 2 is 2.05 bits per heavy atom. The molecule has 19 heavy (non-hydrogen) atoms. The van der Waals surface area contributed by atoms with Crippen LogP contribution < -0.4 is 5.32 Å². The zero-order valence-corrected chi connectivity index (χ0v) is 12.5. The number of halogens is 1. The van der Waals surface area contributed by atoms with Crippen molar-refractivity contribution in [1.82, 2.24) is 5.32 Å². The first kappa shape index (κ1) is 12.7. The summed E-state index contributed by atoms with van der Waals surface area (Å²) in [6, 6.07) is 10.6. The van der Waals surface area contributed by atoms with E-state index in [2.05, 4.69) is 52.4 Å². The lowest BCUT2D eigenvalue weighted by molar-refractivity contribution is 0.606. The predicted molar refractivity (Wildman–Crippen MR) is 83.7 cm³/mol. The van der Waals surface area contributed by atoms with Crippen LogP contribution in [0.4, 0.5) is 0 Å². The molecule has 1 aromatic heterocycles. The van der Waals surface area contributed by atoms with Gasteiger partial charge in [-0.1, -0.05) is 31.2 Å². The van der Waals surface area contributed by atoms with E-state index in [1.54, 1.807) is 0 Å². The molecule has 98 valence electrons. The van der Waals surface area contributed by atoms with Gasteiger partial charge in [0.15, 0.2) is 0 Å². The molecule has 0 saturated heterocycles. The fraction of sp³-hybridized carbons (Fsp3) is 0.250. The second-order valence-corrected chi connectivity index (χ2v) is 5.45. The largest absolute Gasteiger partial charge is 0.463 e. The van der Waals surface area contributed by atoms with Crippen molar-refractivity contribution >= 4 is 37.7 Å². The van der Waals surface area contributed by atoms with Gasteiger partial charge in [-0.3, -0.25) is 0 Å². The third-order valence-corrected chi connectivity index (χ3v) is 4.21. The molecule has 1 N–H and O–H groups in total. The molecule has 2 nitrogen and oxygen atoms in total. The number of rotatable bonds is 4. The van der Waals surface area contributed by atoms with Crippen LogP contribution in [0.15, 0.2) is 45.5 Å². The van der Waals surface area contributed by atoms with Crippen LogP contribution in [0, 0.1) is 0 Å². The summed E-state index contributed by atoms with van der Waals surface area (Å²) >= 11 is 3.67. The van der Waals surface area contributed by atoms with Gasteiger partial charge in [0.1, 0.15) is 5.58 Å². The fourth-order valence-corrected chi connectivity index (χ4v) is 3.09. The summed E-state index contributed by atoms with van der Waals surface area (Å²) in [7, 11) is 0. The molecule has 0 aliphatic heterocycles. The van der Waals surface area contributed by atoms with Crippen LogP contribution in [0.2, 0.25) is 0 Å². The van der Waals surface area contributed by atoms with E-state index in [0.29, 0.717) is 0 Å². The third-order valence-electron chi connectivity index (χ3n) is 3.43. The topological polar surface area (TPSA) is 25.2 Å². The average Bonchev–Trinajstić information content (AvgIpc) is 2.83. The van der Waals surface area contributed by atoms with Crippen LogP contribution in [0.5, 0.6) is 0 Å². The van der Waals surface area contributed by atoms with E-state index in [1.165, 1.54) is 21.7 Å². The maximum Gasteiger partial charge on any atom is 0.148 e. The van der Waals surface area contributed by atoms with Crippen molar-refractivity contribution < 1.29 is 4.42 Å². The summed E-state index contributed by atoms with van der Waals surface area (Å²) in [6.45, 7) is 4.11. The summed E-state index contributed by atoms with van der Waals surface area (Å²) in [6.07, 6.45) is 2.87. The Labute approximate surface area is 120 Å². The molecule has 0 spiro atoms. The number of fused-ring (bicyclic) bond motifs is 2. The molecule has 3 heteroatoms. The van der Waals surface area contributed by atoms with Gasteiger partial charge in [0.05, 0.1) is 10.7 Å². The molecule has 0 aliphatic rings. The second-order valence-electron chi connectivity index (χ2n) is 4.65. The average molecular weight is 318 g/mol. The molecule has 0 aliphatic carbocycles. The van der Waals surface area contributed by atoms with Crippen LogP contribution in [-0.4, -0.2) is 13.1 Å². The number of hydrogen-bond donors (Lipinski definition) is 1. The highest BCUT2D eigenvalue weighted by Gasteiger charge is 2.11. The van der Waals surface area contributed by atoms with Crippen LogP contribution in [0.3, 0.4) is 0 Å². The molecule has 1 heterocycles. The van der Waals surface area contributed by atoms with Crippen molar-refractivity contribution in [3.05, 3.63) is 46.6 Å². The highest BCUT2D eigenvalue weighted by atomic mass is 79.9. The zero-order chi connectivity index (χ0) is 13.2. The predicted octanol–water partition coefficient (Wildman–Crippen LogP) is 4.50. The Morgan fingerprint density at radius 1 is 1.21 bits per heavy atom. The Morgan fingerprint density at radius 3 is 2.89 bits per heavy atom. The van der Waals surface area contributed by atoms with Crippen molar-refractivity contribution in [2.24, 2.45) is 0 Å². The summed E-state index contributed by atoms with van der Waals surface area (Å²) in [5.74, 6) is 0. The minimum Gasteiger partial charge on any atom is -0.463 e. The number of nitrogens with one attached hydrogen (secondary N) is 1. The van der Waals surface area contributed by atoms with E-state index in [4.69, 9.17) is 4.42 Å². The number of furan rings is 1. The van der Waals surface area contributed by atoms with Gasteiger partial charge in [0.2, 0.25) is 0 Å². The second kappa shape index (κ2) is 5.35. The first-order valence-corrected chi connectivity index (χ1v) is 7.38. The van der Waals surface area contributed by atoms with E-state index in [1.807, 2.05) is 12.3 Å². The van der Waals surface area contributed by atoms with Crippen LogP contribution in [0.1, 0.15) is 12.5 Å². The number of likely N-dealkylation sites (N-methyl/N-ethyl adjacent to an activating group) is 1. The molecule has 0 bridgehead atoms. The lowest BCUT2D eigenvalue weighted by Gasteiger charge is -2.03. The lowest BCUT2D eigenvalue weighted by atomic mass is 10.0. The molecule has 0 amide bonds. The molecule has 0 radical (unpaired) electrons. The Bertz CT molecular complexity index is 717. The fourth-order valence-electron chi connectivity index (χ4n) is 2.43. The van der Waals surface area contributed by atoms with Gasteiger partial charge < -0.3 is 9.73 Å². The first-order valence-electron chi connectivity index (χ1n) is 6.59. The highest BCUT2D eigenvalue weighted by molar-refractivity contribution is 9.10. The zero-order valence-electron chi connectivity index (χ0n) is 10.9. The number of hydrogen-bond acceptors (Lipinski definition) is 2. The molecule has 0 fully saturated rings. The van der Waals surface area contributed by atoms with E-state index in [-0.39, 0.29) is 0 Å². The molecule has 0 saturated carbocycles. The van der Waals surface area contributed by atoms with Gasteiger partial charge in [-0.2, -0.15) is 0 Å². The molecule has 0 unspecified atom stereocenters. The van der Waals surface area contributed by atoms with Crippen molar-refractivity contribution in [2.75, 3.05) is 13.1 Å². The van der Waals surface area contributed by atoms with Crippen molar-refractivity contribution in [3.8, 4) is 0 Å². The minimum absolute atomic E-state index is 0.949. The van der Waals surface area contributed by atoms with E-state index >= 15 is 0 Å². The smallest absolute Gasteiger partial charge is 0.148 e. The molecular weight excluding hydrogens is 302 g/mol. The van der Waals surface area contributed by atoms with Gasteiger partial charge >= 0.3 is 0 Å². The van der Waals surface area contributed by atoms with Crippen LogP contribution in [0.25, 0.3) is 21.7 Å². The van der Waals surface area contributed by atoms with Gasteiger partial charge in [0, 0.05) is 5.39 Å². The maximum atomic E-state index is 5.74. The Balaban J connectivity index is 2.12. The van der Waals surface area contributed by atoms with Gasteiger partial charge in [-0.05, 0) is 57.8 Å². The molecule has 0 atom stereocenters. The van der Waals surface area contributed by atoms with Gasteiger partial charge in [-0.25, -0.2) is 0 Å². The molecule has 3 aromatic rings. The quantitative estimate of drug-likeness (QED) is 0.717. The summed E-state index contributed by atoms with van der Waals surface area (Å²) in [5.41, 5.74) is 2.22. The van der Waals surface area contributed by atoms with Gasteiger partial charge in [0.25, 0.3) is 0 Å². The van der Waals surface area contributed by atoms with E-state index < -0.39 is 0 Å². The minimum atomic E-state index is 0.949. The maximum absolute atomic E-state index is 5.74. The lowest BCUT2D eigenvalue weighted by Crippen LogP contribution is -2.15.